The third-order valence-corrected chi connectivity index (χ3v) is 5.43. The summed E-state index contributed by atoms with van der Waals surface area (Å²) in [4.78, 5) is 4.74. The largest absolute Gasteiger partial charge is 0.493 e. The zero-order chi connectivity index (χ0) is 18.6. The highest BCUT2D eigenvalue weighted by Crippen LogP contribution is 2.60. The highest BCUT2D eigenvalue weighted by Gasteiger charge is 2.53. The third-order valence-electron chi connectivity index (χ3n) is 5.43. The van der Waals surface area contributed by atoms with Gasteiger partial charge in [0.05, 0.1) is 27.9 Å². The summed E-state index contributed by atoms with van der Waals surface area (Å²) in [5, 5.41) is 6.89. The first-order chi connectivity index (χ1) is 12.7. The number of ether oxygens (including phenoxy) is 3. The molecule has 0 spiro atoms. The van der Waals surface area contributed by atoms with E-state index in [1.165, 1.54) is 25.7 Å². The van der Waals surface area contributed by atoms with E-state index in [1.54, 1.807) is 21.3 Å². The van der Waals surface area contributed by atoms with Gasteiger partial charge in [-0.05, 0) is 61.6 Å². The maximum Gasteiger partial charge on any atom is 0.203 e. The first-order valence-corrected chi connectivity index (χ1v) is 9.47. The van der Waals surface area contributed by atoms with Gasteiger partial charge in [-0.2, -0.15) is 0 Å². The van der Waals surface area contributed by atoms with Gasteiger partial charge in [0.2, 0.25) is 5.75 Å². The van der Waals surface area contributed by atoms with Crippen molar-refractivity contribution in [1.82, 2.24) is 10.6 Å². The van der Waals surface area contributed by atoms with Crippen molar-refractivity contribution in [3.8, 4) is 17.2 Å². The summed E-state index contributed by atoms with van der Waals surface area (Å²) in [6, 6.07) is 3.89. The number of methoxy groups -OCH3 is 3. The molecular formula is C20H31N3O3. The van der Waals surface area contributed by atoms with E-state index in [0.29, 0.717) is 29.2 Å². The van der Waals surface area contributed by atoms with Crippen LogP contribution in [0.15, 0.2) is 17.1 Å². The molecule has 26 heavy (non-hydrogen) atoms. The molecule has 6 heteroatoms. The molecule has 2 aliphatic rings. The third kappa shape index (κ3) is 4.17. The van der Waals surface area contributed by atoms with Gasteiger partial charge >= 0.3 is 0 Å². The van der Waals surface area contributed by atoms with Gasteiger partial charge in [0, 0.05) is 13.1 Å². The predicted molar refractivity (Wildman–Crippen MR) is 103 cm³/mol. The van der Waals surface area contributed by atoms with Gasteiger partial charge < -0.3 is 24.8 Å². The van der Waals surface area contributed by atoms with Gasteiger partial charge in [0.25, 0.3) is 0 Å². The molecule has 3 rings (SSSR count). The minimum absolute atomic E-state index is 0.544. The molecule has 0 radical (unpaired) electrons. The lowest BCUT2D eigenvalue weighted by Gasteiger charge is -2.18. The van der Waals surface area contributed by atoms with Crippen LogP contribution < -0.4 is 24.8 Å². The Hall–Kier alpha value is -2.11. The molecule has 1 aromatic rings. The maximum absolute atomic E-state index is 5.42. The van der Waals surface area contributed by atoms with Crippen LogP contribution in [-0.2, 0) is 6.54 Å². The lowest BCUT2D eigenvalue weighted by molar-refractivity contribution is 0.324. The molecule has 2 N–H and O–H groups in total. The molecule has 0 saturated heterocycles. The van der Waals surface area contributed by atoms with Crippen molar-refractivity contribution in [3.63, 3.8) is 0 Å². The minimum Gasteiger partial charge on any atom is -0.493 e. The first-order valence-electron chi connectivity index (χ1n) is 9.47. The highest BCUT2D eigenvalue weighted by atomic mass is 16.5. The van der Waals surface area contributed by atoms with Gasteiger partial charge in [0.15, 0.2) is 17.5 Å². The number of rotatable bonds is 9. The average Bonchev–Trinajstić information content (AvgIpc) is 3.55. The second kappa shape index (κ2) is 8.06. The Morgan fingerprint density at radius 2 is 1.73 bits per heavy atom. The van der Waals surface area contributed by atoms with E-state index < -0.39 is 0 Å². The number of guanidine groups is 1. The second-order valence-electron chi connectivity index (χ2n) is 7.22. The summed E-state index contributed by atoms with van der Waals surface area (Å²) in [5.41, 5.74) is 1.56. The topological polar surface area (TPSA) is 64.1 Å². The van der Waals surface area contributed by atoms with Gasteiger partial charge in [0.1, 0.15) is 0 Å². The van der Waals surface area contributed by atoms with Crippen molar-refractivity contribution >= 4 is 5.96 Å². The Morgan fingerprint density at radius 3 is 2.19 bits per heavy atom. The highest BCUT2D eigenvalue weighted by molar-refractivity contribution is 5.79. The average molecular weight is 361 g/mol. The number of benzene rings is 1. The molecule has 144 valence electrons. The second-order valence-corrected chi connectivity index (χ2v) is 7.22. The van der Waals surface area contributed by atoms with Crippen molar-refractivity contribution in [2.45, 2.75) is 39.2 Å². The van der Waals surface area contributed by atoms with Crippen molar-refractivity contribution in [2.75, 3.05) is 34.4 Å². The van der Waals surface area contributed by atoms with Gasteiger partial charge in [-0.15, -0.1) is 0 Å². The molecule has 0 unspecified atom stereocenters. The molecule has 0 amide bonds. The fourth-order valence-electron chi connectivity index (χ4n) is 3.58. The summed E-state index contributed by atoms with van der Waals surface area (Å²) in [6.07, 6.45) is 5.52. The standard InChI is InChI=1S/C20H31N3O3/c1-5-21-19(23-13-20(8-9-20)15-6-7-15)22-12-14-10-16(24-2)18(26-4)17(11-14)25-3/h10-11,15H,5-9,12-13H2,1-4H3,(H2,21,22,23). The van der Waals surface area contributed by atoms with Crippen LogP contribution in [0.1, 0.15) is 38.2 Å². The van der Waals surface area contributed by atoms with E-state index in [1.807, 2.05) is 12.1 Å². The monoisotopic (exact) mass is 361 g/mol. The maximum atomic E-state index is 5.42. The predicted octanol–water partition coefficient (Wildman–Crippen LogP) is 2.96. The van der Waals surface area contributed by atoms with Crippen molar-refractivity contribution in [1.29, 1.82) is 0 Å². The van der Waals surface area contributed by atoms with E-state index in [4.69, 9.17) is 19.2 Å². The molecule has 2 fully saturated rings. The normalized spacial score (nSPS) is 18.2. The molecule has 0 atom stereocenters. The van der Waals surface area contributed by atoms with Crippen LogP contribution in [0.25, 0.3) is 0 Å². The molecule has 2 saturated carbocycles. The first kappa shape index (κ1) is 18.7. The SMILES string of the molecule is CCNC(=NCc1cc(OC)c(OC)c(OC)c1)NCC1(C2CC2)CC1. The van der Waals surface area contributed by atoms with E-state index >= 15 is 0 Å². The van der Waals surface area contributed by atoms with Gasteiger partial charge in [-0.25, -0.2) is 4.99 Å². The van der Waals surface area contributed by atoms with Crippen molar-refractivity contribution in [3.05, 3.63) is 17.7 Å². The van der Waals surface area contributed by atoms with Crippen LogP contribution in [-0.4, -0.2) is 40.4 Å². The van der Waals surface area contributed by atoms with Crippen LogP contribution in [0.3, 0.4) is 0 Å². The number of aliphatic imine (C=N–C) groups is 1. The quantitative estimate of drug-likeness (QED) is 0.523. The number of nitrogens with zero attached hydrogens (tertiary/aromatic N) is 1. The van der Waals surface area contributed by atoms with Crippen molar-refractivity contribution < 1.29 is 14.2 Å². The molecule has 1 aromatic carbocycles. The summed E-state index contributed by atoms with van der Waals surface area (Å²) in [5.74, 6) is 3.72. The number of hydrogen-bond donors (Lipinski definition) is 2. The van der Waals surface area contributed by atoms with Crippen LogP contribution in [0.5, 0.6) is 17.2 Å². The van der Waals surface area contributed by atoms with Gasteiger partial charge in [-0.1, -0.05) is 0 Å². The zero-order valence-corrected chi connectivity index (χ0v) is 16.4. The van der Waals surface area contributed by atoms with Crippen LogP contribution in [0, 0.1) is 11.3 Å². The van der Waals surface area contributed by atoms with E-state index in [9.17, 15) is 0 Å². The molecule has 0 bridgehead atoms. The lowest BCUT2D eigenvalue weighted by Crippen LogP contribution is -2.40. The number of nitrogens with one attached hydrogen (secondary N) is 2. The smallest absolute Gasteiger partial charge is 0.203 e. The Morgan fingerprint density at radius 1 is 1.08 bits per heavy atom. The molecule has 0 aliphatic heterocycles. The van der Waals surface area contributed by atoms with Crippen LogP contribution in [0.2, 0.25) is 0 Å². The van der Waals surface area contributed by atoms with Crippen LogP contribution in [0.4, 0.5) is 0 Å². The van der Waals surface area contributed by atoms with E-state index in [2.05, 4.69) is 17.6 Å². The summed E-state index contributed by atoms with van der Waals surface area (Å²) in [6.45, 7) is 4.50. The molecule has 6 nitrogen and oxygen atoms in total. The van der Waals surface area contributed by atoms with E-state index in [-0.39, 0.29) is 0 Å². The fraction of sp³-hybridized carbons (Fsp3) is 0.650. The molecule has 0 aromatic heterocycles. The Balaban J connectivity index is 1.68. The molecule has 2 aliphatic carbocycles. The summed E-state index contributed by atoms with van der Waals surface area (Å²) < 4.78 is 16.2. The minimum atomic E-state index is 0.544. The van der Waals surface area contributed by atoms with E-state index in [0.717, 1.165) is 30.5 Å². The van der Waals surface area contributed by atoms with Crippen LogP contribution >= 0.6 is 0 Å². The zero-order valence-electron chi connectivity index (χ0n) is 16.4. The van der Waals surface area contributed by atoms with Crippen molar-refractivity contribution in [2.24, 2.45) is 16.3 Å². The Bertz CT molecular complexity index is 627. The molecular weight excluding hydrogens is 330 g/mol. The Labute approximate surface area is 156 Å². The Kier molecular flexibility index (Phi) is 5.79. The summed E-state index contributed by atoms with van der Waals surface area (Å²) in [7, 11) is 4.87. The molecule has 0 heterocycles. The number of hydrogen-bond acceptors (Lipinski definition) is 4. The summed E-state index contributed by atoms with van der Waals surface area (Å²) >= 11 is 0. The fourth-order valence-corrected chi connectivity index (χ4v) is 3.58. The van der Waals surface area contributed by atoms with Gasteiger partial charge in [-0.3, -0.25) is 0 Å². The lowest BCUT2D eigenvalue weighted by atomic mass is 10.0.